The fourth-order valence-corrected chi connectivity index (χ4v) is 1.48. The van der Waals surface area contributed by atoms with E-state index in [1.165, 1.54) is 6.07 Å². The number of nitrogens with one attached hydrogen (secondary N) is 1. The van der Waals surface area contributed by atoms with Gasteiger partial charge in [-0.3, -0.25) is 4.79 Å². The number of hydrogen-bond acceptors (Lipinski definition) is 2. The largest absolute Gasteiger partial charge is 0.326 e. The first-order chi connectivity index (χ1) is 8.06. The van der Waals surface area contributed by atoms with Crippen LogP contribution in [0.2, 0.25) is 0 Å². The molecule has 0 radical (unpaired) electrons. The third kappa shape index (κ3) is 4.15. The summed E-state index contributed by atoms with van der Waals surface area (Å²) in [5.41, 5.74) is 6.41. The fourth-order valence-electron chi connectivity index (χ4n) is 1.48. The lowest BCUT2D eigenvalue weighted by Gasteiger charge is -2.10. The molecule has 0 aromatic heterocycles. The SMILES string of the molecule is CCC(C)CC(=O)Nc1ccc(F)c(CN)c1. The van der Waals surface area contributed by atoms with Crippen molar-refractivity contribution >= 4 is 11.6 Å². The molecule has 0 saturated carbocycles. The molecule has 1 aromatic carbocycles. The number of rotatable bonds is 5. The van der Waals surface area contributed by atoms with Gasteiger partial charge in [0.05, 0.1) is 0 Å². The Bertz CT molecular complexity index is 393. The molecule has 3 nitrogen and oxygen atoms in total. The lowest BCUT2D eigenvalue weighted by molar-refractivity contribution is -0.117. The van der Waals surface area contributed by atoms with Crippen LogP contribution in [0, 0.1) is 11.7 Å². The van der Waals surface area contributed by atoms with Crippen molar-refractivity contribution in [3.63, 3.8) is 0 Å². The smallest absolute Gasteiger partial charge is 0.224 e. The standard InChI is InChI=1S/C13H19FN2O/c1-3-9(2)6-13(17)16-11-4-5-12(14)10(7-11)8-15/h4-5,7,9H,3,6,8,15H2,1-2H3,(H,16,17). The first-order valence-corrected chi connectivity index (χ1v) is 5.85. The Hall–Kier alpha value is -1.42. The van der Waals surface area contributed by atoms with Crippen LogP contribution in [0.1, 0.15) is 32.3 Å². The minimum atomic E-state index is -0.340. The molecule has 1 rings (SSSR count). The summed E-state index contributed by atoms with van der Waals surface area (Å²) in [5.74, 6) is -0.0363. The minimum absolute atomic E-state index is 0.0473. The van der Waals surface area contributed by atoms with Crippen LogP contribution in [0.4, 0.5) is 10.1 Å². The zero-order chi connectivity index (χ0) is 12.8. The maximum absolute atomic E-state index is 13.2. The molecule has 0 bridgehead atoms. The first kappa shape index (κ1) is 13.6. The van der Waals surface area contributed by atoms with Gasteiger partial charge >= 0.3 is 0 Å². The van der Waals surface area contributed by atoms with Crippen LogP contribution in [0.5, 0.6) is 0 Å². The number of halogens is 1. The quantitative estimate of drug-likeness (QED) is 0.828. The molecule has 1 amide bonds. The van der Waals surface area contributed by atoms with E-state index in [4.69, 9.17) is 5.73 Å². The van der Waals surface area contributed by atoms with Crippen molar-refractivity contribution < 1.29 is 9.18 Å². The van der Waals surface area contributed by atoms with E-state index >= 15 is 0 Å². The summed E-state index contributed by atoms with van der Waals surface area (Å²) in [6.45, 7) is 4.19. The number of carbonyl (C=O) groups is 1. The molecule has 0 spiro atoms. The Balaban J connectivity index is 2.65. The van der Waals surface area contributed by atoms with Crippen LogP contribution >= 0.6 is 0 Å². The second kappa shape index (κ2) is 6.35. The number of anilines is 1. The predicted molar refractivity (Wildman–Crippen MR) is 67.0 cm³/mol. The molecule has 94 valence electrons. The van der Waals surface area contributed by atoms with Crippen LogP contribution in [-0.2, 0) is 11.3 Å². The molecular formula is C13H19FN2O. The van der Waals surface area contributed by atoms with Gasteiger partial charge in [-0.1, -0.05) is 20.3 Å². The summed E-state index contributed by atoms with van der Waals surface area (Å²) >= 11 is 0. The highest BCUT2D eigenvalue weighted by atomic mass is 19.1. The third-order valence-electron chi connectivity index (χ3n) is 2.78. The number of amides is 1. The number of benzene rings is 1. The Morgan fingerprint density at radius 2 is 2.24 bits per heavy atom. The molecule has 0 fully saturated rings. The van der Waals surface area contributed by atoms with Gasteiger partial charge in [-0.05, 0) is 24.1 Å². The van der Waals surface area contributed by atoms with Crippen molar-refractivity contribution in [2.24, 2.45) is 11.7 Å². The highest BCUT2D eigenvalue weighted by Crippen LogP contribution is 2.15. The highest BCUT2D eigenvalue weighted by molar-refractivity contribution is 5.90. The number of hydrogen-bond donors (Lipinski definition) is 2. The van der Waals surface area contributed by atoms with E-state index in [2.05, 4.69) is 5.32 Å². The molecule has 1 atom stereocenters. The summed E-state index contributed by atoms with van der Waals surface area (Å²) in [7, 11) is 0. The van der Waals surface area contributed by atoms with Gasteiger partial charge < -0.3 is 11.1 Å². The monoisotopic (exact) mass is 238 g/mol. The Labute approximate surface area is 101 Å². The third-order valence-corrected chi connectivity index (χ3v) is 2.78. The minimum Gasteiger partial charge on any atom is -0.326 e. The maximum atomic E-state index is 13.2. The Kier molecular flexibility index (Phi) is 5.10. The molecule has 4 heteroatoms. The van der Waals surface area contributed by atoms with Crippen molar-refractivity contribution in [3.8, 4) is 0 Å². The van der Waals surface area contributed by atoms with Crippen molar-refractivity contribution in [1.82, 2.24) is 0 Å². The maximum Gasteiger partial charge on any atom is 0.224 e. The van der Waals surface area contributed by atoms with Crippen LogP contribution in [0.3, 0.4) is 0 Å². The summed E-state index contributed by atoms with van der Waals surface area (Å²) in [6.07, 6.45) is 1.44. The topological polar surface area (TPSA) is 55.1 Å². The molecular weight excluding hydrogens is 219 g/mol. The number of nitrogens with two attached hydrogens (primary N) is 1. The summed E-state index contributed by atoms with van der Waals surface area (Å²) in [6, 6.07) is 4.44. The fraction of sp³-hybridized carbons (Fsp3) is 0.462. The van der Waals surface area contributed by atoms with Gasteiger partial charge in [-0.15, -0.1) is 0 Å². The van der Waals surface area contributed by atoms with Crippen molar-refractivity contribution in [3.05, 3.63) is 29.6 Å². The molecule has 0 heterocycles. The molecule has 3 N–H and O–H groups in total. The van der Waals surface area contributed by atoms with Gasteiger partial charge in [0.25, 0.3) is 0 Å². The average molecular weight is 238 g/mol. The predicted octanol–water partition coefficient (Wildman–Crippen LogP) is 2.66. The normalized spacial score (nSPS) is 12.2. The number of carbonyl (C=O) groups excluding carboxylic acids is 1. The van der Waals surface area contributed by atoms with Gasteiger partial charge in [0.1, 0.15) is 5.82 Å². The molecule has 0 aliphatic carbocycles. The van der Waals surface area contributed by atoms with Crippen LogP contribution in [0.25, 0.3) is 0 Å². The van der Waals surface area contributed by atoms with E-state index in [9.17, 15) is 9.18 Å². The van der Waals surface area contributed by atoms with E-state index in [1.807, 2.05) is 13.8 Å². The molecule has 1 unspecified atom stereocenters. The Morgan fingerprint density at radius 3 is 2.82 bits per heavy atom. The van der Waals surface area contributed by atoms with Crippen LogP contribution in [-0.4, -0.2) is 5.91 Å². The summed E-state index contributed by atoms with van der Waals surface area (Å²) in [4.78, 5) is 11.6. The van der Waals surface area contributed by atoms with Crippen LogP contribution < -0.4 is 11.1 Å². The molecule has 0 aliphatic heterocycles. The molecule has 0 saturated heterocycles. The van der Waals surface area contributed by atoms with E-state index in [-0.39, 0.29) is 18.3 Å². The Morgan fingerprint density at radius 1 is 1.53 bits per heavy atom. The first-order valence-electron chi connectivity index (χ1n) is 5.85. The van der Waals surface area contributed by atoms with E-state index in [1.54, 1.807) is 12.1 Å². The van der Waals surface area contributed by atoms with Gasteiger partial charge in [-0.2, -0.15) is 0 Å². The van der Waals surface area contributed by atoms with Gasteiger partial charge in [0, 0.05) is 24.2 Å². The van der Waals surface area contributed by atoms with E-state index in [0.717, 1.165) is 6.42 Å². The zero-order valence-electron chi connectivity index (χ0n) is 10.3. The molecule has 0 aliphatic rings. The average Bonchev–Trinajstić information content (AvgIpc) is 2.31. The second-order valence-electron chi connectivity index (χ2n) is 4.28. The molecule has 17 heavy (non-hydrogen) atoms. The van der Waals surface area contributed by atoms with Crippen molar-refractivity contribution in [2.45, 2.75) is 33.2 Å². The van der Waals surface area contributed by atoms with Crippen molar-refractivity contribution in [2.75, 3.05) is 5.32 Å². The second-order valence-corrected chi connectivity index (χ2v) is 4.28. The zero-order valence-corrected chi connectivity index (χ0v) is 10.3. The van der Waals surface area contributed by atoms with Gasteiger partial charge in [0.2, 0.25) is 5.91 Å². The lowest BCUT2D eigenvalue weighted by atomic mass is 10.0. The summed E-state index contributed by atoms with van der Waals surface area (Å²) in [5, 5.41) is 2.75. The summed E-state index contributed by atoms with van der Waals surface area (Å²) < 4.78 is 13.2. The van der Waals surface area contributed by atoms with Crippen molar-refractivity contribution in [1.29, 1.82) is 0 Å². The van der Waals surface area contributed by atoms with E-state index < -0.39 is 0 Å². The molecule has 1 aromatic rings. The van der Waals surface area contributed by atoms with Crippen LogP contribution in [0.15, 0.2) is 18.2 Å². The highest BCUT2D eigenvalue weighted by Gasteiger charge is 2.08. The van der Waals surface area contributed by atoms with E-state index in [0.29, 0.717) is 23.6 Å². The van der Waals surface area contributed by atoms with Gasteiger partial charge in [0.15, 0.2) is 0 Å². The lowest BCUT2D eigenvalue weighted by Crippen LogP contribution is -2.15. The van der Waals surface area contributed by atoms with Gasteiger partial charge in [-0.25, -0.2) is 4.39 Å².